The van der Waals surface area contributed by atoms with Gasteiger partial charge in [-0.15, -0.1) is 0 Å². The maximum absolute atomic E-state index is 14.5. The van der Waals surface area contributed by atoms with Gasteiger partial charge in [0.25, 0.3) is 0 Å². The van der Waals surface area contributed by atoms with E-state index in [4.69, 9.17) is 16.3 Å². The van der Waals surface area contributed by atoms with Crippen molar-refractivity contribution < 1.29 is 18.3 Å². The van der Waals surface area contributed by atoms with E-state index in [9.17, 15) is 13.6 Å². The lowest BCUT2D eigenvalue weighted by Gasteiger charge is -2.17. The maximum atomic E-state index is 14.5. The van der Waals surface area contributed by atoms with Crippen LogP contribution in [-0.2, 0) is 11.3 Å². The molecule has 32 heavy (non-hydrogen) atoms. The first-order valence-electron chi connectivity index (χ1n) is 10.2. The number of hydrogen-bond donors (Lipinski definition) is 1. The summed E-state index contributed by atoms with van der Waals surface area (Å²) in [4.78, 5) is 21.2. The molecule has 168 valence electrons. The highest BCUT2D eigenvalue weighted by molar-refractivity contribution is 6.30. The first-order valence-corrected chi connectivity index (χ1v) is 10.5. The van der Waals surface area contributed by atoms with Gasteiger partial charge in [-0.1, -0.05) is 17.7 Å². The van der Waals surface area contributed by atoms with Gasteiger partial charge in [-0.2, -0.15) is 5.10 Å². The smallest absolute Gasteiger partial charge is 0.218 e. The molecule has 0 bridgehead atoms. The lowest BCUT2D eigenvalue weighted by atomic mass is 10.1. The van der Waals surface area contributed by atoms with Gasteiger partial charge in [-0.25, -0.2) is 18.7 Å². The highest BCUT2D eigenvalue weighted by atomic mass is 35.5. The third kappa shape index (κ3) is 4.94. The maximum Gasteiger partial charge on any atom is 0.218 e. The summed E-state index contributed by atoms with van der Waals surface area (Å²) in [7, 11) is 1.60. The minimum Gasteiger partial charge on any atom is -0.384 e. The molecule has 1 aliphatic carbocycles. The van der Waals surface area contributed by atoms with E-state index >= 15 is 0 Å². The summed E-state index contributed by atoms with van der Waals surface area (Å²) in [5.41, 5.74) is 1.14. The van der Waals surface area contributed by atoms with Gasteiger partial charge in [0.2, 0.25) is 5.78 Å². The van der Waals surface area contributed by atoms with Gasteiger partial charge >= 0.3 is 0 Å². The Balaban J connectivity index is 1.49. The van der Waals surface area contributed by atoms with Crippen molar-refractivity contribution in [3.8, 4) is 0 Å². The van der Waals surface area contributed by atoms with Crippen LogP contribution in [0.15, 0.2) is 43.0 Å². The molecule has 1 saturated carbocycles. The third-order valence-electron chi connectivity index (χ3n) is 5.47. The Kier molecular flexibility index (Phi) is 6.76. The quantitative estimate of drug-likeness (QED) is 0.512. The van der Waals surface area contributed by atoms with E-state index in [1.54, 1.807) is 30.1 Å². The second kappa shape index (κ2) is 9.70. The molecule has 10 heteroatoms. The Hall–Kier alpha value is -2.91. The molecule has 1 aromatic carbocycles. The fraction of sp³-hybridized carbons (Fsp3) is 0.364. The lowest BCUT2D eigenvalue weighted by Crippen LogP contribution is -2.27. The summed E-state index contributed by atoms with van der Waals surface area (Å²) in [6.07, 6.45) is 4.27. The topological polar surface area (TPSA) is 81.9 Å². The number of halogens is 3. The van der Waals surface area contributed by atoms with Crippen molar-refractivity contribution in [3.63, 3.8) is 0 Å². The molecule has 3 unspecified atom stereocenters. The fourth-order valence-corrected chi connectivity index (χ4v) is 4.13. The molecule has 0 spiro atoms. The Bertz CT molecular complexity index is 1110. The van der Waals surface area contributed by atoms with Crippen LogP contribution >= 0.6 is 11.6 Å². The Morgan fingerprint density at radius 1 is 1.34 bits per heavy atom. The van der Waals surface area contributed by atoms with Gasteiger partial charge in [0, 0.05) is 26.1 Å². The number of rotatable bonds is 8. The molecule has 2 aromatic heterocycles. The number of hydrogen-bond acceptors (Lipinski definition) is 6. The third-order valence-corrected chi connectivity index (χ3v) is 5.76. The molecule has 3 atom stereocenters. The fourth-order valence-electron chi connectivity index (χ4n) is 3.93. The van der Waals surface area contributed by atoms with Crippen molar-refractivity contribution in [3.05, 3.63) is 70.6 Å². The van der Waals surface area contributed by atoms with E-state index in [2.05, 4.69) is 20.4 Å². The summed E-state index contributed by atoms with van der Waals surface area (Å²) in [5.74, 6) is -0.493. The van der Waals surface area contributed by atoms with Gasteiger partial charge in [0.05, 0.1) is 23.2 Å². The van der Waals surface area contributed by atoms with Crippen molar-refractivity contribution in [1.29, 1.82) is 0 Å². The molecule has 0 radical (unpaired) electrons. The van der Waals surface area contributed by atoms with Crippen LogP contribution in [0.1, 0.15) is 34.5 Å². The van der Waals surface area contributed by atoms with Gasteiger partial charge in [0.15, 0.2) is 0 Å². The van der Waals surface area contributed by atoms with E-state index in [-0.39, 0.29) is 33.8 Å². The number of benzene rings is 1. The van der Waals surface area contributed by atoms with Crippen LogP contribution in [0.3, 0.4) is 0 Å². The SMILES string of the molecule is COCC1CC(F)C(Nc2ncncc2C(=O)c2ccn(Cc3ccc(F)c(Cl)c3)n2)C1. The zero-order valence-corrected chi connectivity index (χ0v) is 18.1. The van der Waals surface area contributed by atoms with Crippen molar-refractivity contribution in [2.45, 2.75) is 31.6 Å². The highest BCUT2D eigenvalue weighted by Crippen LogP contribution is 2.31. The minimum absolute atomic E-state index is 0.0222. The van der Waals surface area contributed by atoms with Gasteiger partial charge < -0.3 is 10.1 Å². The van der Waals surface area contributed by atoms with Crippen LogP contribution in [0.25, 0.3) is 0 Å². The average Bonchev–Trinajstić information content (AvgIpc) is 3.37. The summed E-state index contributed by atoms with van der Waals surface area (Å²) in [5, 5.41) is 7.41. The summed E-state index contributed by atoms with van der Waals surface area (Å²) >= 11 is 5.83. The molecule has 0 aliphatic heterocycles. The number of alkyl halides is 1. The van der Waals surface area contributed by atoms with Crippen LogP contribution in [0.4, 0.5) is 14.6 Å². The molecule has 1 fully saturated rings. The predicted octanol–water partition coefficient (Wildman–Crippen LogP) is 3.92. The first-order chi connectivity index (χ1) is 15.4. The molecule has 1 aliphatic rings. The normalized spacial score (nSPS) is 20.4. The number of aromatic nitrogens is 4. The Morgan fingerprint density at radius 3 is 2.97 bits per heavy atom. The van der Waals surface area contributed by atoms with E-state index in [1.807, 2.05) is 0 Å². The molecule has 3 aromatic rings. The van der Waals surface area contributed by atoms with Gasteiger partial charge in [0.1, 0.15) is 29.8 Å². The lowest BCUT2D eigenvalue weighted by molar-refractivity contribution is 0.103. The number of ether oxygens (including phenoxy) is 1. The minimum atomic E-state index is -1.06. The van der Waals surface area contributed by atoms with Crippen molar-refractivity contribution >= 4 is 23.2 Å². The Labute approximate surface area is 188 Å². The van der Waals surface area contributed by atoms with Crippen LogP contribution in [0, 0.1) is 11.7 Å². The number of carbonyl (C=O) groups excluding carboxylic acids is 1. The molecule has 1 N–H and O–H groups in total. The Morgan fingerprint density at radius 2 is 2.19 bits per heavy atom. The highest BCUT2D eigenvalue weighted by Gasteiger charge is 2.35. The van der Waals surface area contributed by atoms with E-state index in [0.29, 0.717) is 26.0 Å². The number of anilines is 1. The number of methoxy groups -OCH3 is 1. The number of ketones is 1. The van der Waals surface area contributed by atoms with Gasteiger partial charge in [-0.3, -0.25) is 9.48 Å². The van der Waals surface area contributed by atoms with Crippen LogP contribution in [0.2, 0.25) is 5.02 Å². The molecule has 0 amide bonds. The zero-order valence-electron chi connectivity index (χ0n) is 17.3. The van der Waals surface area contributed by atoms with Crippen LogP contribution in [-0.4, -0.2) is 51.5 Å². The van der Waals surface area contributed by atoms with Crippen LogP contribution in [0.5, 0.6) is 0 Å². The first kappa shape index (κ1) is 22.3. The number of nitrogens with one attached hydrogen (secondary N) is 1. The van der Waals surface area contributed by atoms with Crippen LogP contribution < -0.4 is 5.32 Å². The zero-order chi connectivity index (χ0) is 22.7. The predicted molar refractivity (Wildman–Crippen MR) is 115 cm³/mol. The summed E-state index contributed by atoms with van der Waals surface area (Å²) in [6, 6.07) is 5.51. The molecule has 4 rings (SSSR count). The number of nitrogens with zero attached hydrogens (tertiary/aromatic N) is 4. The average molecular weight is 462 g/mol. The molecule has 2 heterocycles. The number of carbonyl (C=O) groups is 1. The monoisotopic (exact) mass is 461 g/mol. The standard InChI is InChI=1S/C22H22ClF2N5O2/c1-32-11-14-7-18(25)20(8-14)28-22-15(9-26-12-27-22)21(31)19-4-5-30(29-19)10-13-2-3-17(24)16(23)6-13/h2-6,9,12,14,18,20H,7-8,10-11H2,1H3,(H,26,27,28). The van der Waals surface area contributed by atoms with Crippen molar-refractivity contribution in [1.82, 2.24) is 19.7 Å². The van der Waals surface area contributed by atoms with Gasteiger partial charge in [-0.05, 0) is 42.5 Å². The van der Waals surface area contributed by atoms with E-state index < -0.39 is 18.0 Å². The molecule has 7 nitrogen and oxygen atoms in total. The second-order valence-corrected chi connectivity index (χ2v) is 8.23. The van der Waals surface area contributed by atoms with E-state index in [1.165, 1.54) is 24.7 Å². The molecule has 0 saturated heterocycles. The summed E-state index contributed by atoms with van der Waals surface area (Å²) in [6.45, 7) is 0.807. The van der Waals surface area contributed by atoms with Crippen molar-refractivity contribution in [2.75, 3.05) is 19.0 Å². The second-order valence-electron chi connectivity index (χ2n) is 7.82. The molecular formula is C22H22ClF2N5O2. The molecular weight excluding hydrogens is 440 g/mol. The van der Waals surface area contributed by atoms with E-state index in [0.717, 1.165) is 5.56 Å². The van der Waals surface area contributed by atoms with Crippen molar-refractivity contribution in [2.24, 2.45) is 5.92 Å². The largest absolute Gasteiger partial charge is 0.384 e. The summed E-state index contributed by atoms with van der Waals surface area (Å²) < 4.78 is 34.5.